The number of hydrogen-bond donors (Lipinski definition) is 0. The number of unbranched alkanes of at least 4 members (excludes halogenated alkanes) is 2. The zero-order valence-electron chi connectivity index (χ0n) is 31.7. The maximum Gasteiger partial charge on any atom is 0.0816 e. The number of rotatable bonds is 18. The molecule has 0 heterocycles. The predicted octanol–water partition coefficient (Wildman–Crippen LogP) is 14.2. The molecule has 6 unspecified atom stereocenters. The molecule has 1 heteroatoms. The second-order valence-electron chi connectivity index (χ2n) is 15.8. The maximum atomic E-state index is 7.17. The molecule has 2 aromatic carbocycles. The van der Waals surface area contributed by atoms with E-state index < -0.39 is 0 Å². The normalized spacial score (nSPS) is 21.3. The van der Waals surface area contributed by atoms with Crippen LogP contribution in [0.5, 0.6) is 0 Å². The fraction of sp³-hybridized carbons (Fsp3) is 0.652. The van der Waals surface area contributed by atoms with Crippen LogP contribution in [0.25, 0.3) is 0 Å². The summed E-state index contributed by atoms with van der Waals surface area (Å²) in [6.45, 7) is 18.7. The van der Waals surface area contributed by atoms with E-state index >= 15 is 0 Å². The first kappa shape index (κ1) is 37.7. The summed E-state index contributed by atoms with van der Waals surface area (Å²) in [6, 6.07) is 19.5. The summed E-state index contributed by atoms with van der Waals surface area (Å²) < 4.78 is 7.17. The van der Waals surface area contributed by atoms with E-state index in [1.807, 2.05) is 0 Å². The summed E-state index contributed by atoms with van der Waals surface area (Å²) in [5.74, 6) is 3.65. The lowest BCUT2D eigenvalue weighted by molar-refractivity contribution is -0.0228. The average Bonchev–Trinajstić information content (AvgIpc) is 3.10. The molecule has 2 aliphatic rings. The smallest absolute Gasteiger partial charge is 0.0816 e. The van der Waals surface area contributed by atoms with Crippen molar-refractivity contribution < 1.29 is 4.74 Å². The maximum absolute atomic E-state index is 7.17. The summed E-state index contributed by atoms with van der Waals surface area (Å²) in [7, 11) is 0. The van der Waals surface area contributed by atoms with Gasteiger partial charge >= 0.3 is 0 Å². The predicted molar refractivity (Wildman–Crippen MR) is 206 cm³/mol. The largest absolute Gasteiger partial charge is 0.366 e. The van der Waals surface area contributed by atoms with Gasteiger partial charge in [-0.1, -0.05) is 142 Å². The van der Waals surface area contributed by atoms with Crippen molar-refractivity contribution in [2.24, 2.45) is 11.8 Å². The molecule has 0 bridgehead atoms. The Hall–Kier alpha value is -2.12. The Morgan fingerprint density at radius 3 is 1.23 bits per heavy atom. The van der Waals surface area contributed by atoms with Gasteiger partial charge in [-0.3, -0.25) is 0 Å². The van der Waals surface area contributed by atoms with Crippen molar-refractivity contribution in [2.45, 2.75) is 181 Å². The third-order valence-electron chi connectivity index (χ3n) is 11.7. The Bertz CT molecular complexity index is 1130. The van der Waals surface area contributed by atoms with Crippen LogP contribution in [0.2, 0.25) is 0 Å². The first-order valence-electron chi connectivity index (χ1n) is 20.0. The highest BCUT2D eigenvalue weighted by molar-refractivity contribution is 5.32. The minimum absolute atomic E-state index is 0.208. The lowest BCUT2D eigenvalue weighted by Crippen LogP contribution is -2.34. The van der Waals surface area contributed by atoms with Gasteiger partial charge in [0.25, 0.3) is 0 Å². The Morgan fingerprint density at radius 2 is 0.957 bits per heavy atom. The van der Waals surface area contributed by atoms with Crippen molar-refractivity contribution >= 4 is 0 Å². The van der Waals surface area contributed by atoms with Crippen molar-refractivity contribution in [1.29, 1.82) is 0 Å². The molecular formula is C46H70O. The lowest BCUT2D eigenvalue weighted by atomic mass is 9.79. The van der Waals surface area contributed by atoms with Crippen LogP contribution in [0.3, 0.4) is 0 Å². The van der Waals surface area contributed by atoms with Crippen LogP contribution in [-0.4, -0.2) is 12.2 Å². The fourth-order valence-electron chi connectivity index (χ4n) is 8.53. The van der Waals surface area contributed by atoms with Crippen LogP contribution in [0.1, 0.15) is 191 Å². The van der Waals surface area contributed by atoms with Gasteiger partial charge in [-0.15, -0.1) is 0 Å². The molecule has 0 saturated carbocycles. The molecule has 6 atom stereocenters. The average molecular weight is 639 g/mol. The zero-order chi connectivity index (χ0) is 33.8. The summed E-state index contributed by atoms with van der Waals surface area (Å²) in [5, 5.41) is 0. The van der Waals surface area contributed by atoms with E-state index in [0.29, 0.717) is 35.5 Å². The molecule has 0 fully saturated rings. The molecule has 0 N–H and O–H groups in total. The van der Waals surface area contributed by atoms with Crippen molar-refractivity contribution in [3.63, 3.8) is 0 Å². The molecule has 2 aromatic rings. The molecule has 0 radical (unpaired) electrons. The first-order chi connectivity index (χ1) is 22.8. The quantitative estimate of drug-likeness (QED) is 0.148. The van der Waals surface area contributed by atoms with Gasteiger partial charge in [0, 0.05) is 0 Å². The molecule has 47 heavy (non-hydrogen) atoms. The minimum Gasteiger partial charge on any atom is -0.366 e. The Balaban J connectivity index is 1.38. The summed E-state index contributed by atoms with van der Waals surface area (Å²) in [4.78, 5) is 0. The molecule has 0 amide bonds. The van der Waals surface area contributed by atoms with Gasteiger partial charge in [0.15, 0.2) is 0 Å². The number of allylic oxidation sites excluding steroid dienone is 2. The number of benzene rings is 2. The van der Waals surface area contributed by atoms with Crippen LogP contribution in [0.4, 0.5) is 0 Å². The second-order valence-corrected chi connectivity index (χ2v) is 15.8. The lowest BCUT2D eigenvalue weighted by Gasteiger charge is -2.36. The highest BCUT2D eigenvalue weighted by Crippen LogP contribution is 2.40. The Labute approximate surface area is 291 Å². The van der Waals surface area contributed by atoms with E-state index in [0.717, 1.165) is 25.7 Å². The molecule has 0 aromatic heterocycles. The van der Waals surface area contributed by atoms with E-state index in [2.05, 4.69) is 116 Å². The van der Waals surface area contributed by atoms with Crippen LogP contribution in [0.15, 0.2) is 71.8 Å². The zero-order valence-corrected chi connectivity index (χ0v) is 31.7. The Kier molecular flexibility index (Phi) is 15.4. The highest BCUT2D eigenvalue weighted by Gasteiger charge is 2.31. The summed E-state index contributed by atoms with van der Waals surface area (Å²) >= 11 is 0. The molecule has 260 valence electrons. The van der Waals surface area contributed by atoms with Crippen LogP contribution < -0.4 is 0 Å². The molecule has 0 aliphatic heterocycles. The second kappa shape index (κ2) is 19.2. The summed E-state index contributed by atoms with van der Waals surface area (Å²) in [6.07, 6.45) is 23.0. The first-order valence-corrected chi connectivity index (χ1v) is 20.0. The summed E-state index contributed by atoms with van der Waals surface area (Å²) in [5.41, 5.74) is 9.21. The third kappa shape index (κ3) is 10.4. The number of ether oxygens (including phenoxy) is 1. The van der Waals surface area contributed by atoms with Gasteiger partial charge in [-0.2, -0.15) is 0 Å². The van der Waals surface area contributed by atoms with E-state index in [-0.39, 0.29) is 12.2 Å². The SMILES string of the molecule is CCCCC(CC)c1ccc(C2CC=C(C(OC(C3=CCC(c4ccc(C(CC)CCCC)cc4)CC3)C(C)C)C(C)C)CC2)cc1. The van der Waals surface area contributed by atoms with Crippen LogP contribution in [0, 0.1) is 11.8 Å². The van der Waals surface area contributed by atoms with E-state index in [4.69, 9.17) is 4.74 Å². The monoisotopic (exact) mass is 639 g/mol. The molecule has 2 aliphatic carbocycles. The van der Waals surface area contributed by atoms with Gasteiger partial charge in [0.1, 0.15) is 0 Å². The topological polar surface area (TPSA) is 9.23 Å². The minimum atomic E-state index is 0.208. The molecule has 0 spiro atoms. The number of hydrogen-bond acceptors (Lipinski definition) is 1. The van der Waals surface area contributed by atoms with Gasteiger partial charge in [-0.25, -0.2) is 0 Å². The molecule has 0 saturated heterocycles. The van der Waals surface area contributed by atoms with Gasteiger partial charge in [-0.05, 0) is 133 Å². The third-order valence-corrected chi connectivity index (χ3v) is 11.7. The van der Waals surface area contributed by atoms with E-state index in [9.17, 15) is 0 Å². The van der Waals surface area contributed by atoms with Gasteiger partial charge in [0.2, 0.25) is 0 Å². The van der Waals surface area contributed by atoms with Gasteiger partial charge < -0.3 is 4.74 Å². The highest BCUT2D eigenvalue weighted by atomic mass is 16.5. The van der Waals surface area contributed by atoms with E-state index in [1.54, 1.807) is 11.1 Å². The molecular weight excluding hydrogens is 569 g/mol. The van der Waals surface area contributed by atoms with Crippen LogP contribution >= 0.6 is 0 Å². The van der Waals surface area contributed by atoms with Gasteiger partial charge in [0.05, 0.1) is 12.2 Å². The Morgan fingerprint density at radius 1 is 0.574 bits per heavy atom. The van der Waals surface area contributed by atoms with Crippen molar-refractivity contribution in [3.05, 3.63) is 94.1 Å². The van der Waals surface area contributed by atoms with Crippen molar-refractivity contribution in [2.75, 3.05) is 0 Å². The van der Waals surface area contributed by atoms with Crippen molar-refractivity contribution in [1.82, 2.24) is 0 Å². The molecule has 4 rings (SSSR count). The van der Waals surface area contributed by atoms with Crippen LogP contribution in [-0.2, 0) is 4.74 Å². The van der Waals surface area contributed by atoms with E-state index in [1.165, 1.54) is 86.5 Å². The van der Waals surface area contributed by atoms with Crippen molar-refractivity contribution in [3.8, 4) is 0 Å². The fourth-order valence-corrected chi connectivity index (χ4v) is 8.53. The molecule has 1 nitrogen and oxygen atoms in total. The standard InChI is InChI=1S/C46H70O/c1-9-13-15-35(11-3)37-17-21-39(22-18-37)41-25-29-43(30-26-41)45(33(5)6)47-46(34(7)8)44-31-27-42(28-32-44)40-23-19-38(20-24-40)36(12-4)16-14-10-2/h17-24,29,31,33-36,41-42,45-46H,9-16,25-28,30,32H2,1-8H3.